The van der Waals surface area contributed by atoms with E-state index >= 15 is 0 Å². The van der Waals surface area contributed by atoms with Crippen molar-refractivity contribution in [3.63, 3.8) is 0 Å². The highest BCUT2D eigenvalue weighted by Gasteiger charge is 2.42. The van der Waals surface area contributed by atoms with Crippen molar-refractivity contribution in [2.75, 3.05) is 86.2 Å². The van der Waals surface area contributed by atoms with Gasteiger partial charge in [0.2, 0.25) is 23.6 Å². The van der Waals surface area contributed by atoms with Crippen LogP contribution >= 0.6 is 0 Å². The number of ether oxygens (including phenoxy) is 4. The van der Waals surface area contributed by atoms with Gasteiger partial charge < -0.3 is 50.8 Å². The summed E-state index contributed by atoms with van der Waals surface area (Å²) in [7, 11) is 3.36. The van der Waals surface area contributed by atoms with Crippen LogP contribution in [0.15, 0.2) is 49.1 Å². The van der Waals surface area contributed by atoms with Gasteiger partial charge in [0.1, 0.15) is 59.1 Å². The number of nitrogens with zero attached hydrogens (tertiary/aromatic N) is 8. The molecule has 0 aliphatic carbocycles. The second kappa shape index (κ2) is 17.5. The fourth-order valence-electron chi connectivity index (χ4n) is 8.76. The number of anilines is 6. The van der Waals surface area contributed by atoms with Crippen LogP contribution in [0.1, 0.15) is 37.8 Å². The molecule has 8 N–H and O–H groups in total. The second-order valence-corrected chi connectivity index (χ2v) is 17.7. The summed E-state index contributed by atoms with van der Waals surface area (Å²) in [5.74, 6) is 2.23. The van der Waals surface area contributed by atoms with Crippen LogP contribution in [0.5, 0.6) is 11.8 Å². The molecule has 22 nitrogen and oxygen atoms in total. The quantitative estimate of drug-likeness (QED) is 0.126. The minimum Gasteiger partial charge on any atom is -0.474 e. The van der Waals surface area contributed by atoms with Crippen molar-refractivity contribution in [2.24, 2.45) is 0 Å². The summed E-state index contributed by atoms with van der Waals surface area (Å²) in [5.41, 5.74) is 17.2. The van der Waals surface area contributed by atoms with E-state index in [4.69, 9.17) is 30.4 Å². The molecule has 0 aromatic carbocycles. The molecule has 2 saturated heterocycles. The number of hydrogen-bond donors (Lipinski definition) is 6. The Morgan fingerprint density at radius 3 is 1.46 bits per heavy atom. The highest BCUT2D eigenvalue weighted by Crippen LogP contribution is 2.38. The number of rotatable bonds is 6. The van der Waals surface area contributed by atoms with Crippen molar-refractivity contribution in [3.8, 4) is 34.3 Å². The van der Waals surface area contributed by atoms with Gasteiger partial charge in [-0.05, 0) is 73.9 Å². The molecule has 6 aromatic rings. The third-order valence-electron chi connectivity index (χ3n) is 12.1. The van der Waals surface area contributed by atoms with Crippen molar-refractivity contribution in [1.82, 2.24) is 39.7 Å². The van der Waals surface area contributed by atoms with Gasteiger partial charge in [-0.1, -0.05) is 0 Å². The highest BCUT2D eigenvalue weighted by atomic mass is 16.6. The lowest BCUT2D eigenvalue weighted by molar-refractivity contribution is -0.127. The molecule has 0 saturated carbocycles. The normalized spacial score (nSPS) is 19.4. The molecule has 2 atom stereocenters. The number of fused-ring (bicyclic) bond motifs is 4. The minimum atomic E-state index is -0.886. The Morgan fingerprint density at radius 1 is 0.662 bits per heavy atom. The average Bonchev–Trinajstić information content (AvgIpc) is 3.70. The molecule has 352 valence electrons. The van der Waals surface area contributed by atoms with Gasteiger partial charge in [-0.15, -0.1) is 0 Å². The van der Waals surface area contributed by atoms with E-state index in [9.17, 15) is 19.2 Å². The number of pyridine rings is 6. The molecule has 0 spiro atoms. The number of nitrogens with one attached hydrogen (secondary N) is 4. The number of nitrogens with two attached hydrogens (primary N) is 2. The van der Waals surface area contributed by atoms with Crippen LogP contribution in [0.2, 0.25) is 0 Å². The van der Waals surface area contributed by atoms with Crippen LogP contribution < -0.4 is 42.2 Å². The number of likely N-dealkylation sites (tertiary alicyclic amines) is 2. The Morgan fingerprint density at radius 2 is 1.07 bits per heavy atom. The van der Waals surface area contributed by atoms with Crippen LogP contribution in [0, 0.1) is 13.8 Å². The maximum Gasteiger partial charge on any atom is 0.413 e. The van der Waals surface area contributed by atoms with Crippen LogP contribution in [0.4, 0.5) is 44.2 Å². The summed E-state index contributed by atoms with van der Waals surface area (Å²) in [5, 5.41) is 14.7. The lowest BCUT2D eigenvalue weighted by Crippen LogP contribution is -2.36. The predicted octanol–water partition coefficient (Wildman–Crippen LogP) is 5.11. The molecular formula is C46H50N14O8. The van der Waals surface area contributed by atoms with Gasteiger partial charge in [0, 0.05) is 73.9 Å². The molecule has 6 aromatic heterocycles. The second-order valence-electron chi connectivity index (χ2n) is 17.7. The maximum absolute atomic E-state index is 12.5. The first kappa shape index (κ1) is 44.9. The first-order valence-electron chi connectivity index (χ1n) is 21.8. The fourth-order valence-corrected chi connectivity index (χ4v) is 8.76. The van der Waals surface area contributed by atoms with E-state index < -0.39 is 23.4 Å². The largest absolute Gasteiger partial charge is 0.474 e. The Hall–Kier alpha value is -8.30. The highest BCUT2D eigenvalue weighted by molar-refractivity contribution is 5.98. The van der Waals surface area contributed by atoms with Gasteiger partial charge in [-0.2, -0.15) is 0 Å². The van der Waals surface area contributed by atoms with E-state index in [1.54, 1.807) is 64.9 Å². The van der Waals surface area contributed by atoms with Gasteiger partial charge in [0.15, 0.2) is 0 Å². The molecule has 0 radical (unpaired) electrons. The molecule has 4 aliphatic heterocycles. The van der Waals surface area contributed by atoms with E-state index in [0.29, 0.717) is 96.6 Å². The number of aromatic nitrogens is 6. The summed E-state index contributed by atoms with van der Waals surface area (Å²) < 4.78 is 22.3. The first-order chi connectivity index (χ1) is 32.4. The van der Waals surface area contributed by atoms with Gasteiger partial charge in [0.05, 0.1) is 37.3 Å². The van der Waals surface area contributed by atoms with E-state index in [1.807, 2.05) is 26.0 Å². The molecule has 4 amide bonds. The van der Waals surface area contributed by atoms with Crippen molar-refractivity contribution in [3.05, 3.63) is 60.2 Å². The summed E-state index contributed by atoms with van der Waals surface area (Å²) in [6, 6.07) is 7.15. The van der Waals surface area contributed by atoms with Gasteiger partial charge in [-0.25, -0.2) is 39.5 Å². The van der Waals surface area contributed by atoms with E-state index in [2.05, 4.69) is 51.2 Å². The number of nitrogen functional groups attached to an aromatic ring is 2. The topological polar surface area (TPSA) is 289 Å². The van der Waals surface area contributed by atoms with Crippen molar-refractivity contribution < 1.29 is 38.1 Å². The molecule has 2 fully saturated rings. The smallest absolute Gasteiger partial charge is 0.413 e. The number of carbonyl (C=O) groups excluding carboxylic acids is 4. The molecule has 10 rings (SSSR count). The van der Waals surface area contributed by atoms with Crippen molar-refractivity contribution in [1.29, 1.82) is 0 Å². The molecule has 0 unspecified atom stereocenters. The Labute approximate surface area is 389 Å². The lowest BCUT2D eigenvalue weighted by Gasteiger charge is -2.23. The maximum atomic E-state index is 12.5. The molecule has 22 heteroatoms. The summed E-state index contributed by atoms with van der Waals surface area (Å²) in [4.78, 5) is 78.2. The van der Waals surface area contributed by atoms with E-state index in [-0.39, 0.29) is 24.7 Å². The number of amides is 4. The Balaban J connectivity index is 0.000000170. The number of hydrogen-bond acceptors (Lipinski definition) is 18. The van der Waals surface area contributed by atoms with Crippen LogP contribution in [-0.2, 0) is 19.1 Å². The Kier molecular flexibility index (Phi) is 11.5. The Bertz CT molecular complexity index is 2860. The number of likely N-dealkylation sites (N-methyl/N-ethyl adjacent to an activating group) is 2. The molecule has 10 heterocycles. The third-order valence-corrected chi connectivity index (χ3v) is 12.1. The molecule has 0 bridgehead atoms. The zero-order valence-corrected chi connectivity index (χ0v) is 38.3. The van der Waals surface area contributed by atoms with Crippen LogP contribution in [-0.4, -0.2) is 128 Å². The van der Waals surface area contributed by atoms with E-state index in [1.165, 1.54) is 9.80 Å². The lowest BCUT2D eigenvalue weighted by atomic mass is 10.0. The monoisotopic (exact) mass is 926 g/mol. The molecule has 68 heavy (non-hydrogen) atoms. The van der Waals surface area contributed by atoms with Gasteiger partial charge in [0.25, 0.3) is 0 Å². The van der Waals surface area contributed by atoms with Gasteiger partial charge >= 0.3 is 12.2 Å². The van der Waals surface area contributed by atoms with Crippen LogP contribution in [0.25, 0.3) is 44.1 Å². The minimum absolute atomic E-state index is 0.0663. The summed E-state index contributed by atoms with van der Waals surface area (Å²) >= 11 is 0. The van der Waals surface area contributed by atoms with E-state index in [0.717, 1.165) is 44.4 Å². The van der Waals surface area contributed by atoms with Crippen molar-refractivity contribution >= 4 is 80.2 Å². The summed E-state index contributed by atoms with van der Waals surface area (Å²) in [6.07, 6.45) is 5.46. The fraction of sp³-hybridized carbons (Fsp3) is 0.348. The zero-order valence-electron chi connectivity index (χ0n) is 38.3. The van der Waals surface area contributed by atoms with Crippen LogP contribution in [0.3, 0.4) is 0 Å². The molecule has 4 aliphatic rings. The molecular weight excluding hydrogens is 877 g/mol. The average molecular weight is 927 g/mol. The SMILES string of the molecule is Cc1c(-c2cc3cc(NC(=O)O[C@@]4(C)CC(=O)N(C)C4)ncc3c(N)n2)cnc2c1NCCO2.Cc1c(-c2cc3cc(NC(=O)O[C@]4(C)CC(=O)N(C)C4)ncc3c(N)n2)cnc2c1NCCO2. The number of carbonyl (C=O) groups is 4. The van der Waals surface area contributed by atoms with Gasteiger partial charge in [-0.3, -0.25) is 20.2 Å². The first-order valence-corrected chi connectivity index (χ1v) is 21.8. The summed E-state index contributed by atoms with van der Waals surface area (Å²) in [6.45, 7) is 10.6. The predicted molar refractivity (Wildman–Crippen MR) is 253 cm³/mol. The third kappa shape index (κ3) is 8.98. The van der Waals surface area contributed by atoms with Crippen molar-refractivity contribution in [2.45, 2.75) is 51.7 Å². The zero-order chi connectivity index (χ0) is 48.1. The standard InChI is InChI=1S/2C23H25N7O4/c2*1-12-14(9-27-21-19(12)25-4-5-33-21)16-6-13-7-17(26-10-15(13)20(24)28-16)29-22(32)34-23(2)8-18(31)30(3)11-23/h2*6-7,9-10,25H,4-5,8,11H2,1-3H3,(H2,24,28)(H,26,29,32)/t2*23-/m10/s1.